The van der Waals surface area contributed by atoms with E-state index in [0.717, 1.165) is 31.8 Å². The van der Waals surface area contributed by atoms with Gasteiger partial charge in [0.15, 0.2) is 0 Å². The summed E-state index contributed by atoms with van der Waals surface area (Å²) in [5.41, 5.74) is -0.0876. The molecule has 1 aliphatic rings. The second-order valence-electron chi connectivity index (χ2n) is 6.35. The lowest BCUT2D eigenvalue weighted by Gasteiger charge is -2.26. The van der Waals surface area contributed by atoms with Gasteiger partial charge in [-0.3, -0.25) is 9.69 Å². The van der Waals surface area contributed by atoms with Gasteiger partial charge in [-0.25, -0.2) is 4.98 Å². The number of hydrogen-bond donors (Lipinski definition) is 2. The summed E-state index contributed by atoms with van der Waals surface area (Å²) < 4.78 is 43.6. The number of carbonyl (C=O) groups is 1. The van der Waals surface area contributed by atoms with Crippen LogP contribution >= 0.6 is 0 Å². The Kier molecular flexibility index (Phi) is 6.48. The number of ether oxygens (including phenoxy) is 1. The highest BCUT2D eigenvalue weighted by atomic mass is 19.4. The third-order valence-electron chi connectivity index (χ3n) is 4.31. The summed E-state index contributed by atoms with van der Waals surface area (Å²) in [6.07, 6.45) is -3.02. The number of pyridine rings is 1. The molecule has 1 aromatic carbocycles. The molecule has 0 bridgehead atoms. The smallest absolute Gasteiger partial charge is 0.379 e. The second-order valence-corrected chi connectivity index (χ2v) is 6.35. The summed E-state index contributed by atoms with van der Waals surface area (Å²) in [4.78, 5) is 18.5. The lowest BCUT2D eigenvalue weighted by Crippen LogP contribution is -2.41. The van der Waals surface area contributed by atoms with Crippen LogP contribution in [0.4, 0.5) is 24.7 Å². The van der Waals surface area contributed by atoms with E-state index >= 15 is 0 Å². The van der Waals surface area contributed by atoms with Crippen LogP contribution in [0.2, 0.25) is 0 Å². The topological polar surface area (TPSA) is 66.5 Å². The van der Waals surface area contributed by atoms with Crippen molar-refractivity contribution in [1.82, 2.24) is 15.2 Å². The van der Waals surface area contributed by atoms with Crippen LogP contribution in [0, 0.1) is 0 Å². The number of hydrogen-bond acceptors (Lipinski definition) is 5. The molecule has 2 aromatic rings. The molecule has 150 valence electrons. The zero-order valence-corrected chi connectivity index (χ0v) is 15.1. The minimum absolute atomic E-state index is 0.244. The van der Waals surface area contributed by atoms with E-state index in [1.807, 2.05) is 0 Å². The largest absolute Gasteiger partial charge is 0.416 e. The molecule has 0 aliphatic carbocycles. The lowest BCUT2D eigenvalue weighted by atomic mass is 10.2. The molecular formula is C19H21F3N4O2. The van der Waals surface area contributed by atoms with Gasteiger partial charge in [0.1, 0.15) is 5.82 Å². The predicted octanol–water partition coefficient (Wildman–Crippen LogP) is 2.91. The van der Waals surface area contributed by atoms with E-state index < -0.39 is 11.7 Å². The van der Waals surface area contributed by atoms with Crippen molar-refractivity contribution in [2.75, 3.05) is 44.7 Å². The maximum Gasteiger partial charge on any atom is 0.416 e. The molecule has 0 unspecified atom stereocenters. The SMILES string of the molecule is O=C(NCCN1CCOCC1)c1ccc(Nc2cccc(C(F)(F)F)c2)nc1. The molecule has 0 radical (unpaired) electrons. The first-order valence-corrected chi connectivity index (χ1v) is 8.90. The number of nitrogens with zero attached hydrogens (tertiary/aromatic N) is 2. The quantitative estimate of drug-likeness (QED) is 0.789. The van der Waals surface area contributed by atoms with Crippen LogP contribution in [0.3, 0.4) is 0 Å². The van der Waals surface area contributed by atoms with E-state index in [0.29, 0.717) is 31.1 Å². The van der Waals surface area contributed by atoms with Crippen molar-refractivity contribution in [3.05, 3.63) is 53.7 Å². The van der Waals surface area contributed by atoms with Gasteiger partial charge in [-0.15, -0.1) is 0 Å². The predicted molar refractivity (Wildman–Crippen MR) is 98.6 cm³/mol. The van der Waals surface area contributed by atoms with Crippen LogP contribution in [-0.4, -0.2) is 55.2 Å². The molecule has 2 heterocycles. The molecule has 1 aliphatic heterocycles. The molecule has 0 saturated carbocycles. The highest BCUT2D eigenvalue weighted by Crippen LogP contribution is 2.31. The Morgan fingerprint density at radius 1 is 1.18 bits per heavy atom. The van der Waals surface area contributed by atoms with Crippen molar-refractivity contribution in [1.29, 1.82) is 0 Å². The Bertz CT molecular complexity index is 791. The number of rotatable bonds is 6. The van der Waals surface area contributed by atoms with Crippen LogP contribution in [-0.2, 0) is 10.9 Å². The normalized spacial score (nSPS) is 15.2. The molecule has 6 nitrogen and oxygen atoms in total. The Morgan fingerprint density at radius 3 is 2.64 bits per heavy atom. The first-order chi connectivity index (χ1) is 13.4. The fourth-order valence-corrected chi connectivity index (χ4v) is 2.78. The van der Waals surface area contributed by atoms with E-state index in [2.05, 4.69) is 20.5 Å². The minimum Gasteiger partial charge on any atom is -0.379 e. The average molecular weight is 394 g/mol. The fourth-order valence-electron chi connectivity index (χ4n) is 2.78. The first kappa shape index (κ1) is 20.1. The number of aromatic nitrogens is 1. The van der Waals surface area contributed by atoms with Crippen LogP contribution in [0.15, 0.2) is 42.6 Å². The Labute approximate surface area is 160 Å². The van der Waals surface area contributed by atoms with E-state index in [1.54, 1.807) is 12.1 Å². The van der Waals surface area contributed by atoms with Gasteiger partial charge < -0.3 is 15.4 Å². The van der Waals surface area contributed by atoms with Crippen molar-refractivity contribution < 1.29 is 22.7 Å². The number of benzene rings is 1. The van der Waals surface area contributed by atoms with E-state index in [9.17, 15) is 18.0 Å². The summed E-state index contributed by atoms with van der Waals surface area (Å²) in [6.45, 7) is 4.39. The van der Waals surface area contributed by atoms with Gasteiger partial charge in [0, 0.05) is 38.1 Å². The Morgan fingerprint density at radius 2 is 1.96 bits per heavy atom. The number of alkyl halides is 3. The van der Waals surface area contributed by atoms with Crippen LogP contribution in [0.1, 0.15) is 15.9 Å². The van der Waals surface area contributed by atoms with Crippen molar-refractivity contribution >= 4 is 17.4 Å². The van der Waals surface area contributed by atoms with Gasteiger partial charge in [-0.1, -0.05) is 6.07 Å². The summed E-state index contributed by atoms with van der Waals surface area (Å²) in [6, 6.07) is 7.98. The van der Waals surface area contributed by atoms with Crippen molar-refractivity contribution in [2.45, 2.75) is 6.18 Å². The number of morpholine rings is 1. The number of amides is 1. The van der Waals surface area contributed by atoms with Crippen LogP contribution < -0.4 is 10.6 Å². The van der Waals surface area contributed by atoms with Gasteiger partial charge in [0.05, 0.1) is 24.3 Å². The fraction of sp³-hybridized carbons (Fsp3) is 0.368. The van der Waals surface area contributed by atoms with E-state index in [-0.39, 0.29) is 11.6 Å². The summed E-state index contributed by atoms with van der Waals surface area (Å²) in [5.74, 6) is 0.107. The molecule has 1 aromatic heterocycles. The third-order valence-corrected chi connectivity index (χ3v) is 4.31. The van der Waals surface area contributed by atoms with Crippen LogP contribution in [0.5, 0.6) is 0 Å². The number of halogens is 3. The molecule has 2 N–H and O–H groups in total. The van der Waals surface area contributed by atoms with E-state index in [1.165, 1.54) is 18.3 Å². The second kappa shape index (κ2) is 9.03. The van der Waals surface area contributed by atoms with Crippen molar-refractivity contribution in [3.8, 4) is 0 Å². The van der Waals surface area contributed by atoms with Crippen molar-refractivity contribution in [3.63, 3.8) is 0 Å². The summed E-state index contributed by atoms with van der Waals surface area (Å²) >= 11 is 0. The van der Waals surface area contributed by atoms with Gasteiger partial charge >= 0.3 is 6.18 Å². The van der Waals surface area contributed by atoms with Crippen molar-refractivity contribution in [2.24, 2.45) is 0 Å². The summed E-state index contributed by atoms with van der Waals surface area (Å²) in [7, 11) is 0. The Hall–Kier alpha value is -2.65. The van der Waals surface area contributed by atoms with Gasteiger partial charge in [0.2, 0.25) is 0 Å². The third kappa shape index (κ3) is 5.67. The summed E-state index contributed by atoms with van der Waals surface area (Å²) in [5, 5.41) is 5.64. The zero-order chi connectivity index (χ0) is 20.0. The maximum atomic E-state index is 12.8. The molecule has 9 heteroatoms. The molecule has 1 fully saturated rings. The monoisotopic (exact) mass is 394 g/mol. The molecule has 0 spiro atoms. The maximum absolute atomic E-state index is 12.8. The highest BCUT2D eigenvalue weighted by molar-refractivity contribution is 5.94. The minimum atomic E-state index is -4.41. The Balaban J connectivity index is 1.52. The molecule has 3 rings (SSSR count). The number of carbonyl (C=O) groups excluding carboxylic acids is 1. The standard InChI is InChI=1S/C19H21F3N4O2/c20-19(21,22)15-2-1-3-16(12-15)25-17-5-4-14(13-24-17)18(27)23-6-7-26-8-10-28-11-9-26/h1-5,12-13H,6-11H2,(H,23,27)(H,24,25). The average Bonchev–Trinajstić information content (AvgIpc) is 2.69. The first-order valence-electron chi connectivity index (χ1n) is 8.90. The zero-order valence-electron chi connectivity index (χ0n) is 15.1. The molecule has 1 amide bonds. The number of anilines is 2. The lowest BCUT2D eigenvalue weighted by molar-refractivity contribution is -0.137. The molecule has 0 atom stereocenters. The van der Waals surface area contributed by atoms with Gasteiger partial charge in [0.25, 0.3) is 5.91 Å². The van der Waals surface area contributed by atoms with Gasteiger partial charge in [-0.05, 0) is 30.3 Å². The molecule has 1 saturated heterocycles. The van der Waals surface area contributed by atoms with E-state index in [4.69, 9.17) is 4.74 Å². The van der Waals surface area contributed by atoms with Gasteiger partial charge in [-0.2, -0.15) is 13.2 Å². The number of nitrogens with one attached hydrogen (secondary N) is 2. The molecular weight excluding hydrogens is 373 g/mol. The molecule has 28 heavy (non-hydrogen) atoms. The van der Waals surface area contributed by atoms with Crippen LogP contribution in [0.25, 0.3) is 0 Å². The highest BCUT2D eigenvalue weighted by Gasteiger charge is 2.30.